The molecule has 9 nitrogen and oxygen atoms in total. The predicted molar refractivity (Wildman–Crippen MR) is 139 cm³/mol. The standard InChI is InChI=1S/C27H27FN6O3/c1-15(11-16-5-4-6-17(28)12-16)30-20-7-8-29-25(35)23(20)24-31-21-13-18-19(14-22(21)32-24)27(37)34(26(18)36)10-9-33(2)3/h4-8,12-15H,9-11H2,1-3H3,(H,31,32)(H2,29,30,35). The molecule has 1 atom stereocenters. The third-order valence-corrected chi connectivity index (χ3v) is 6.37. The van der Waals surface area contributed by atoms with E-state index >= 15 is 0 Å². The lowest BCUT2D eigenvalue weighted by atomic mass is 10.1. The van der Waals surface area contributed by atoms with E-state index in [4.69, 9.17) is 0 Å². The SMILES string of the molecule is CC(Cc1cccc(F)c1)Nc1cc[nH]c(=O)c1-c1nc2cc3c(cc2[nH]1)C(=O)N(CCN(C)C)C3=O. The summed E-state index contributed by atoms with van der Waals surface area (Å²) < 4.78 is 13.6. The summed E-state index contributed by atoms with van der Waals surface area (Å²) in [5.74, 6) is -0.677. The summed E-state index contributed by atoms with van der Waals surface area (Å²) in [6, 6.07) is 11.2. The van der Waals surface area contributed by atoms with Crippen molar-refractivity contribution in [3.63, 3.8) is 0 Å². The molecule has 1 unspecified atom stereocenters. The largest absolute Gasteiger partial charge is 0.381 e. The summed E-state index contributed by atoms with van der Waals surface area (Å²) in [6.07, 6.45) is 2.09. The number of pyridine rings is 1. The van der Waals surface area contributed by atoms with Gasteiger partial charge in [-0.25, -0.2) is 9.37 Å². The lowest BCUT2D eigenvalue weighted by Gasteiger charge is -2.17. The normalized spacial score (nSPS) is 14.0. The van der Waals surface area contributed by atoms with Gasteiger partial charge in [-0.3, -0.25) is 19.3 Å². The number of anilines is 1. The molecule has 2 amide bonds. The summed E-state index contributed by atoms with van der Waals surface area (Å²) in [5.41, 5.74) is 2.98. The summed E-state index contributed by atoms with van der Waals surface area (Å²) in [4.78, 5) is 52.2. The van der Waals surface area contributed by atoms with Crippen LogP contribution >= 0.6 is 0 Å². The molecule has 3 heterocycles. The molecule has 0 saturated heterocycles. The molecule has 0 saturated carbocycles. The molecule has 190 valence electrons. The summed E-state index contributed by atoms with van der Waals surface area (Å²) in [6.45, 7) is 2.81. The molecule has 1 aliphatic heterocycles. The molecule has 1 aliphatic rings. The van der Waals surface area contributed by atoms with E-state index in [9.17, 15) is 18.8 Å². The summed E-state index contributed by atoms with van der Waals surface area (Å²) >= 11 is 0. The number of carbonyl (C=O) groups is 2. The van der Waals surface area contributed by atoms with Crippen LogP contribution in [0.3, 0.4) is 0 Å². The minimum Gasteiger partial charge on any atom is -0.381 e. The maximum absolute atomic E-state index is 13.6. The fraction of sp³-hybridized carbons (Fsp3) is 0.259. The lowest BCUT2D eigenvalue weighted by molar-refractivity contribution is 0.0645. The second-order valence-electron chi connectivity index (χ2n) is 9.54. The van der Waals surface area contributed by atoms with Gasteiger partial charge in [-0.15, -0.1) is 0 Å². The molecule has 37 heavy (non-hydrogen) atoms. The molecule has 2 aromatic heterocycles. The van der Waals surface area contributed by atoms with E-state index in [-0.39, 0.29) is 29.2 Å². The molecule has 0 aliphatic carbocycles. The van der Waals surface area contributed by atoms with Gasteiger partial charge >= 0.3 is 0 Å². The van der Waals surface area contributed by atoms with Crippen LogP contribution in [0.1, 0.15) is 33.2 Å². The van der Waals surface area contributed by atoms with Crippen LogP contribution in [0.5, 0.6) is 0 Å². The number of carbonyl (C=O) groups excluding carboxylic acids is 2. The Morgan fingerprint density at radius 3 is 2.57 bits per heavy atom. The van der Waals surface area contributed by atoms with Crippen molar-refractivity contribution in [1.82, 2.24) is 24.8 Å². The number of imidazole rings is 1. The smallest absolute Gasteiger partial charge is 0.261 e. The zero-order chi connectivity index (χ0) is 26.3. The highest BCUT2D eigenvalue weighted by Gasteiger charge is 2.36. The van der Waals surface area contributed by atoms with Crippen molar-refractivity contribution in [2.45, 2.75) is 19.4 Å². The number of nitrogens with one attached hydrogen (secondary N) is 3. The van der Waals surface area contributed by atoms with Crippen LogP contribution in [0, 0.1) is 5.82 Å². The van der Waals surface area contributed by atoms with Crippen LogP contribution < -0.4 is 10.9 Å². The number of aromatic nitrogens is 3. The number of amides is 2. The monoisotopic (exact) mass is 502 g/mol. The third kappa shape index (κ3) is 4.75. The van der Waals surface area contributed by atoms with Gasteiger partial charge < -0.3 is 20.2 Å². The minimum atomic E-state index is -0.350. The number of nitrogens with zero attached hydrogens (tertiary/aromatic N) is 3. The molecule has 0 bridgehead atoms. The summed E-state index contributed by atoms with van der Waals surface area (Å²) in [7, 11) is 3.76. The average molecular weight is 503 g/mol. The highest BCUT2D eigenvalue weighted by molar-refractivity contribution is 6.22. The molecule has 10 heteroatoms. The predicted octanol–water partition coefficient (Wildman–Crippen LogP) is 3.26. The van der Waals surface area contributed by atoms with Gasteiger partial charge in [0.1, 0.15) is 17.2 Å². The van der Waals surface area contributed by atoms with Gasteiger partial charge in [-0.2, -0.15) is 0 Å². The Balaban J connectivity index is 1.45. The Kier molecular flexibility index (Phi) is 6.34. The van der Waals surface area contributed by atoms with E-state index in [1.54, 1.807) is 30.5 Å². The zero-order valence-corrected chi connectivity index (χ0v) is 20.8. The molecule has 0 radical (unpaired) electrons. The van der Waals surface area contributed by atoms with Crippen molar-refractivity contribution in [2.75, 3.05) is 32.5 Å². The van der Waals surface area contributed by atoms with Crippen LogP contribution in [0.25, 0.3) is 22.4 Å². The molecule has 4 aromatic rings. The second-order valence-corrected chi connectivity index (χ2v) is 9.54. The minimum absolute atomic E-state index is 0.112. The third-order valence-electron chi connectivity index (χ3n) is 6.37. The molecule has 0 fully saturated rings. The van der Waals surface area contributed by atoms with Gasteiger partial charge in [0.15, 0.2) is 0 Å². The van der Waals surface area contributed by atoms with E-state index in [0.29, 0.717) is 58.7 Å². The number of halogens is 1. The first-order valence-corrected chi connectivity index (χ1v) is 12.0. The summed E-state index contributed by atoms with van der Waals surface area (Å²) in [5, 5.41) is 3.33. The Morgan fingerprint density at radius 1 is 1.08 bits per heavy atom. The van der Waals surface area contributed by atoms with Crippen LogP contribution in [0.4, 0.5) is 10.1 Å². The number of rotatable bonds is 8. The van der Waals surface area contributed by atoms with Gasteiger partial charge in [0.05, 0.1) is 27.8 Å². The average Bonchev–Trinajstić information content (AvgIpc) is 3.34. The van der Waals surface area contributed by atoms with Crippen molar-refractivity contribution in [1.29, 1.82) is 0 Å². The molecule has 3 N–H and O–H groups in total. The Labute approximate surface area is 212 Å². The fourth-order valence-electron chi connectivity index (χ4n) is 4.58. The van der Waals surface area contributed by atoms with Crippen LogP contribution in [0.2, 0.25) is 0 Å². The quantitative estimate of drug-likeness (QED) is 0.319. The molecular formula is C27H27FN6O3. The Bertz CT molecular complexity index is 1520. The first-order valence-electron chi connectivity index (χ1n) is 12.0. The lowest BCUT2D eigenvalue weighted by Crippen LogP contribution is -2.35. The number of fused-ring (bicyclic) bond motifs is 2. The first-order chi connectivity index (χ1) is 17.7. The zero-order valence-electron chi connectivity index (χ0n) is 20.8. The van der Waals surface area contributed by atoms with Gasteiger partial charge in [-0.05, 0) is 63.3 Å². The van der Waals surface area contributed by atoms with E-state index < -0.39 is 0 Å². The second kappa shape index (κ2) is 9.62. The molecule has 2 aromatic carbocycles. The number of benzene rings is 2. The molecule has 0 spiro atoms. The Hall–Kier alpha value is -4.31. The van der Waals surface area contributed by atoms with E-state index in [2.05, 4.69) is 20.3 Å². The first kappa shape index (κ1) is 24.4. The van der Waals surface area contributed by atoms with Crippen LogP contribution in [-0.2, 0) is 6.42 Å². The van der Waals surface area contributed by atoms with Gasteiger partial charge in [-0.1, -0.05) is 12.1 Å². The highest BCUT2D eigenvalue weighted by atomic mass is 19.1. The number of imide groups is 1. The van der Waals surface area contributed by atoms with Gasteiger partial charge in [0.2, 0.25) is 0 Å². The van der Waals surface area contributed by atoms with Crippen LogP contribution in [0.15, 0.2) is 53.5 Å². The number of hydrogen-bond acceptors (Lipinski definition) is 6. The van der Waals surface area contributed by atoms with Crippen molar-refractivity contribution >= 4 is 28.5 Å². The molecular weight excluding hydrogens is 475 g/mol. The number of aromatic amines is 2. The topological polar surface area (TPSA) is 114 Å². The maximum atomic E-state index is 13.6. The van der Waals surface area contributed by atoms with Gasteiger partial charge in [0, 0.05) is 25.3 Å². The van der Waals surface area contributed by atoms with E-state index in [1.165, 1.54) is 17.0 Å². The van der Waals surface area contributed by atoms with Crippen molar-refractivity contribution in [3.05, 3.63) is 81.5 Å². The van der Waals surface area contributed by atoms with Crippen LogP contribution in [-0.4, -0.2) is 69.8 Å². The number of H-pyrrole nitrogens is 2. The number of likely N-dealkylation sites (N-methyl/N-ethyl adjacent to an activating group) is 1. The maximum Gasteiger partial charge on any atom is 0.261 e. The van der Waals surface area contributed by atoms with Crippen molar-refractivity contribution < 1.29 is 14.0 Å². The van der Waals surface area contributed by atoms with Crippen molar-refractivity contribution in [2.24, 2.45) is 0 Å². The molecule has 5 rings (SSSR count). The Morgan fingerprint density at radius 2 is 1.84 bits per heavy atom. The van der Waals surface area contributed by atoms with E-state index in [1.807, 2.05) is 32.0 Å². The van der Waals surface area contributed by atoms with Crippen molar-refractivity contribution in [3.8, 4) is 11.4 Å². The highest BCUT2D eigenvalue weighted by Crippen LogP contribution is 2.30. The van der Waals surface area contributed by atoms with Gasteiger partial charge in [0.25, 0.3) is 17.4 Å². The van der Waals surface area contributed by atoms with E-state index in [0.717, 1.165) is 5.56 Å². The number of hydrogen-bond donors (Lipinski definition) is 3. The fourth-order valence-corrected chi connectivity index (χ4v) is 4.58.